The van der Waals surface area contributed by atoms with Gasteiger partial charge in [0, 0.05) is 12.7 Å². The lowest BCUT2D eigenvalue weighted by Crippen LogP contribution is -2.10. The summed E-state index contributed by atoms with van der Waals surface area (Å²) in [5.74, 6) is -1.29. The van der Waals surface area contributed by atoms with Gasteiger partial charge in [0.1, 0.15) is 5.82 Å². The predicted octanol–water partition coefficient (Wildman–Crippen LogP) is 4.26. The Morgan fingerprint density at radius 1 is 1.33 bits per heavy atom. The third-order valence-electron chi connectivity index (χ3n) is 2.99. The van der Waals surface area contributed by atoms with Crippen LogP contribution in [0.1, 0.15) is 17.0 Å². The summed E-state index contributed by atoms with van der Waals surface area (Å²) in [5.41, 5.74) is 0.469. The van der Waals surface area contributed by atoms with E-state index in [0.29, 0.717) is 0 Å². The molecule has 0 bridgehead atoms. The first-order valence-electron chi connectivity index (χ1n) is 5.98. The first-order valence-corrected chi connectivity index (χ1v) is 6.78. The van der Waals surface area contributed by atoms with Crippen LogP contribution in [0.15, 0.2) is 22.7 Å². The monoisotopic (exact) mass is 365 g/mol. The fourth-order valence-electron chi connectivity index (χ4n) is 1.91. The Morgan fingerprint density at radius 2 is 2.00 bits per heavy atom. The molecule has 0 radical (unpaired) electrons. The molecule has 2 aromatic rings. The van der Waals surface area contributed by atoms with Crippen LogP contribution in [0, 0.1) is 12.7 Å². The van der Waals surface area contributed by atoms with E-state index in [1.54, 1.807) is 11.7 Å². The molecule has 114 valence electrons. The van der Waals surface area contributed by atoms with Crippen molar-refractivity contribution in [1.82, 2.24) is 9.78 Å². The molecule has 0 atom stereocenters. The van der Waals surface area contributed by atoms with Crippen LogP contribution in [0.5, 0.6) is 0 Å². The van der Waals surface area contributed by atoms with Crippen molar-refractivity contribution in [3.63, 3.8) is 0 Å². The van der Waals surface area contributed by atoms with Gasteiger partial charge in [0.15, 0.2) is 0 Å². The van der Waals surface area contributed by atoms with Crippen molar-refractivity contribution < 1.29 is 17.6 Å². The quantitative estimate of drug-likeness (QED) is 0.823. The Hall–Kier alpha value is -1.57. The zero-order valence-electron chi connectivity index (χ0n) is 11.2. The molecule has 0 aliphatic carbocycles. The number of benzene rings is 1. The van der Waals surface area contributed by atoms with E-state index in [9.17, 15) is 17.6 Å². The Balaban J connectivity index is 2.21. The Morgan fingerprint density at radius 3 is 2.52 bits per heavy atom. The highest BCUT2D eigenvalue weighted by Crippen LogP contribution is 2.33. The molecule has 0 saturated carbocycles. The lowest BCUT2D eigenvalue weighted by Gasteiger charge is -2.12. The molecule has 3 nitrogen and oxygen atoms in total. The average Bonchev–Trinajstić information content (AvgIpc) is 2.61. The van der Waals surface area contributed by atoms with Crippen LogP contribution in [0.4, 0.5) is 23.2 Å². The average molecular weight is 366 g/mol. The molecule has 1 N–H and O–H groups in total. The van der Waals surface area contributed by atoms with Gasteiger partial charge in [-0.15, -0.1) is 0 Å². The molecule has 0 aliphatic rings. The molecular formula is C13H12BrF4N3. The summed E-state index contributed by atoms with van der Waals surface area (Å²) in [5, 5.41) is 7.02. The molecule has 1 aromatic heterocycles. The second-order valence-electron chi connectivity index (χ2n) is 4.52. The summed E-state index contributed by atoms with van der Waals surface area (Å²) in [7, 11) is 1.74. The van der Waals surface area contributed by atoms with Gasteiger partial charge in [-0.25, -0.2) is 4.39 Å². The van der Waals surface area contributed by atoms with Crippen LogP contribution in [0.3, 0.4) is 0 Å². The van der Waals surface area contributed by atoms with Crippen LogP contribution in [0.2, 0.25) is 0 Å². The minimum atomic E-state index is -4.72. The SMILES string of the molecule is Cc1nn(C)c(CNc2ccc(F)c(C(F)(F)F)c2)c1Br. The van der Waals surface area contributed by atoms with Crippen LogP contribution < -0.4 is 5.32 Å². The number of nitrogens with zero attached hydrogens (tertiary/aromatic N) is 2. The van der Waals surface area contributed by atoms with E-state index in [1.165, 1.54) is 6.07 Å². The maximum atomic E-state index is 13.2. The van der Waals surface area contributed by atoms with Gasteiger partial charge < -0.3 is 5.32 Å². The lowest BCUT2D eigenvalue weighted by atomic mass is 10.2. The summed E-state index contributed by atoms with van der Waals surface area (Å²) in [6.45, 7) is 2.08. The maximum Gasteiger partial charge on any atom is 0.419 e. The molecule has 0 fully saturated rings. The van der Waals surface area contributed by atoms with Crippen molar-refractivity contribution >= 4 is 21.6 Å². The van der Waals surface area contributed by atoms with E-state index in [1.807, 2.05) is 6.92 Å². The fraction of sp³-hybridized carbons (Fsp3) is 0.308. The summed E-state index contributed by atoms with van der Waals surface area (Å²) in [6.07, 6.45) is -4.72. The molecule has 21 heavy (non-hydrogen) atoms. The molecule has 0 unspecified atom stereocenters. The number of halogens is 5. The van der Waals surface area contributed by atoms with E-state index in [0.717, 1.165) is 28.0 Å². The van der Waals surface area contributed by atoms with Crippen molar-refractivity contribution in [3.05, 3.63) is 45.4 Å². The van der Waals surface area contributed by atoms with E-state index in [-0.39, 0.29) is 12.2 Å². The standard InChI is InChI=1S/C13H12BrF4N3/c1-7-12(14)11(21(2)20-7)6-19-8-3-4-10(15)9(5-8)13(16,17)18/h3-5,19H,6H2,1-2H3. The topological polar surface area (TPSA) is 29.9 Å². The largest absolute Gasteiger partial charge is 0.419 e. The summed E-state index contributed by atoms with van der Waals surface area (Å²) < 4.78 is 53.5. The minimum absolute atomic E-state index is 0.189. The Kier molecular flexibility index (Phi) is 4.27. The van der Waals surface area contributed by atoms with Crippen molar-refractivity contribution in [2.45, 2.75) is 19.6 Å². The lowest BCUT2D eigenvalue weighted by molar-refractivity contribution is -0.139. The molecular weight excluding hydrogens is 354 g/mol. The van der Waals surface area contributed by atoms with Gasteiger partial charge in [0.2, 0.25) is 0 Å². The minimum Gasteiger partial charge on any atom is -0.379 e. The van der Waals surface area contributed by atoms with Crippen molar-refractivity contribution in [2.24, 2.45) is 7.05 Å². The molecule has 1 heterocycles. The molecule has 1 aromatic carbocycles. The van der Waals surface area contributed by atoms with Crippen LogP contribution in [-0.4, -0.2) is 9.78 Å². The normalized spacial score (nSPS) is 11.8. The summed E-state index contributed by atoms with van der Waals surface area (Å²) >= 11 is 3.37. The van der Waals surface area contributed by atoms with E-state index in [4.69, 9.17) is 0 Å². The van der Waals surface area contributed by atoms with Gasteiger partial charge in [0.25, 0.3) is 0 Å². The van der Waals surface area contributed by atoms with Gasteiger partial charge in [-0.3, -0.25) is 4.68 Å². The molecule has 0 amide bonds. The van der Waals surface area contributed by atoms with Gasteiger partial charge in [0.05, 0.1) is 28.0 Å². The number of anilines is 1. The summed E-state index contributed by atoms with van der Waals surface area (Å²) in [4.78, 5) is 0. The van der Waals surface area contributed by atoms with Crippen LogP contribution in [-0.2, 0) is 19.8 Å². The zero-order chi connectivity index (χ0) is 15.8. The molecule has 2 rings (SSSR count). The second-order valence-corrected chi connectivity index (χ2v) is 5.31. The highest BCUT2D eigenvalue weighted by atomic mass is 79.9. The van der Waals surface area contributed by atoms with Crippen molar-refractivity contribution in [3.8, 4) is 0 Å². The van der Waals surface area contributed by atoms with Gasteiger partial charge in [-0.05, 0) is 41.1 Å². The van der Waals surface area contributed by atoms with Crippen LogP contribution in [0.25, 0.3) is 0 Å². The molecule has 0 saturated heterocycles. The van der Waals surface area contributed by atoms with Gasteiger partial charge in [-0.2, -0.15) is 18.3 Å². The van der Waals surface area contributed by atoms with E-state index >= 15 is 0 Å². The fourth-order valence-corrected chi connectivity index (χ4v) is 2.39. The predicted molar refractivity (Wildman–Crippen MR) is 74.4 cm³/mol. The van der Waals surface area contributed by atoms with Gasteiger partial charge in [-0.1, -0.05) is 0 Å². The number of rotatable bonds is 3. The van der Waals surface area contributed by atoms with Gasteiger partial charge >= 0.3 is 6.18 Å². The van der Waals surface area contributed by atoms with Crippen molar-refractivity contribution in [1.29, 1.82) is 0 Å². The molecule has 0 aliphatic heterocycles. The highest BCUT2D eigenvalue weighted by Gasteiger charge is 2.34. The second kappa shape index (κ2) is 5.67. The number of aromatic nitrogens is 2. The summed E-state index contributed by atoms with van der Waals surface area (Å²) in [6, 6.07) is 2.82. The zero-order valence-corrected chi connectivity index (χ0v) is 12.8. The highest BCUT2D eigenvalue weighted by molar-refractivity contribution is 9.10. The molecule has 8 heteroatoms. The Bertz CT molecular complexity index is 664. The number of hydrogen-bond donors (Lipinski definition) is 1. The first-order chi connectivity index (χ1) is 9.70. The smallest absolute Gasteiger partial charge is 0.379 e. The number of nitrogens with one attached hydrogen (secondary N) is 1. The first kappa shape index (κ1) is 15.8. The number of aryl methyl sites for hydroxylation is 2. The Labute approximate surface area is 127 Å². The number of hydrogen-bond acceptors (Lipinski definition) is 2. The van der Waals surface area contributed by atoms with E-state index in [2.05, 4.69) is 26.3 Å². The number of alkyl halides is 3. The maximum absolute atomic E-state index is 13.2. The van der Waals surface area contributed by atoms with Crippen molar-refractivity contribution in [2.75, 3.05) is 5.32 Å². The van der Waals surface area contributed by atoms with E-state index < -0.39 is 17.6 Å². The molecule has 0 spiro atoms. The third kappa shape index (κ3) is 3.37. The van der Waals surface area contributed by atoms with Crippen LogP contribution >= 0.6 is 15.9 Å². The third-order valence-corrected chi connectivity index (χ3v) is 4.02.